The number of likely N-dealkylation sites (N-methyl/N-ethyl adjacent to an activating group) is 1. The fraction of sp³-hybridized carbons (Fsp3) is 0.700. The topological polar surface area (TPSA) is 29.5 Å². The van der Waals surface area contributed by atoms with Crippen LogP contribution in [0.2, 0.25) is 0 Å². The van der Waals surface area contributed by atoms with Gasteiger partial charge in [0.2, 0.25) is 0 Å². The van der Waals surface area contributed by atoms with Crippen LogP contribution < -0.4 is 0 Å². The number of rotatable bonds is 3. The van der Waals surface area contributed by atoms with E-state index in [1.54, 1.807) is 6.08 Å². The first kappa shape index (κ1) is 12.2. The molecule has 0 radical (unpaired) electrons. The summed E-state index contributed by atoms with van der Waals surface area (Å²) in [5.74, 6) is -0.303. The Bertz CT molecular complexity index is 192. The Morgan fingerprint density at radius 3 is 2.38 bits per heavy atom. The van der Waals surface area contributed by atoms with Crippen LogP contribution in [0.25, 0.3) is 0 Å². The Hall–Kier alpha value is -0.830. The molecule has 0 aliphatic carbocycles. The molecule has 0 saturated carbocycles. The molecular formula is C10H19NO2. The predicted octanol–water partition coefficient (Wildman–Crippen LogP) is 1.45. The van der Waals surface area contributed by atoms with Gasteiger partial charge >= 0.3 is 5.97 Å². The van der Waals surface area contributed by atoms with Gasteiger partial charge in [0.05, 0.1) is 7.11 Å². The van der Waals surface area contributed by atoms with Crippen LogP contribution in [0.1, 0.15) is 20.8 Å². The SMILES string of the molecule is COC(=O)/C=C/CN(C)C(C)(C)C. The number of hydrogen-bond donors (Lipinski definition) is 0. The van der Waals surface area contributed by atoms with Gasteiger partial charge in [-0.25, -0.2) is 4.79 Å². The summed E-state index contributed by atoms with van der Waals surface area (Å²) in [6.45, 7) is 7.12. The summed E-state index contributed by atoms with van der Waals surface area (Å²) in [7, 11) is 3.39. The second kappa shape index (κ2) is 5.02. The molecule has 76 valence electrons. The van der Waals surface area contributed by atoms with Crippen molar-refractivity contribution in [3.63, 3.8) is 0 Å². The van der Waals surface area contributed by atoms with Gasteiger partial charge in [-0.05, 0) is 27.8 Å². The number of methoxy groups -OCH3 is 1. The highest BCUT2D eigenvalue weighted by atomic mass is 16.5. The van der Waals surface area contributed by atoms with Crippen LogP contribution >= 0.6 is 0 Å². The van der Waals surface area contributed by atoms with Gasteiger partial charge < -0.3 is 4.74 Å². The van der Waals surface area contributed by atoms with E-state index in [4.69, 9.17) is 0 Å². The monoisotopic (exact) mass is 185 g/mol. The second-order valence-corrected chi connectivity index (χ2v) is 3.98. The lowest BCUT2D eigenvalue weighted by Gasteiger charge is -2.30. The molecule has 0 aliphatic heterocycles. The first-order valence-corrected chi connectivity index (χ1v) is 4.33. The minimum Gasteiger partial charge on any atom is -0.466 e. The van der Waals surface area contributed by atoms with Crippen LogP contribution in [-0.4, -0.2) is 37.1 Å². The van der Waals surface area contributed by atoms with Crippen molar-refractivity contribution in [3.8, 4) is 0 Å². The molecule has 3 heteroatoms. The predicted molar refractivity (Wildman–Crippen MR) is 53.5 cm³/mol. The fourth-order valence-electron chi connectivity index (χ4n) is 0.649. The Balaban J connectivity index is 3.89. The number of carbonyl (C=O) groups excluding carboxylic acids is 1. The summed E-state index contributed by atoms with van der Waals surface area (Å²) in [6, 6.07) is 0. The number of carbonyl (C=O) groups is 1. The lowest BCUT2D eigenvalue weighted by atomic mass is 10.1. The third kappa shape index (κ3) is 5.42. The molecule has 0 amide bonds. The summed E-state index contributed by atoms with van der Waals surface area (Å²) in [5, 5.41) is 0. The van der Waals surface area contributed by atoms with Crippen LogP contribution in [0, 0.1) is 0 Å². The van der Waals surface area contributed by atoms with Crippen molar-refractivity contribution < 1.29 is 9.53 Å². The maximum absolute atomic E-state index is 10.7. The van der Waals surface area contributed by atoms with Gasteiger partial charge in [-0.2, -0.15) is 0 Å². The lowest BCUT2D eigenvalue weighted by Crippen LogP contribution is -2.38. The zero-order valence-electron chi connectivity index (χ0n) is 9.13. The highest BCUT2D eigenvalue weighted by Crippen LogP contribution is 2.09. The number of ether oxygens (including phenoxy) is 1. The van der Waals surface area contributed by atoms with E-state index in [-0.39, 0.29) is 11.5 Å². The van der Waals surface area contributed by atoms with Crippen molar-refractivity contribution in [3.05, 3.63) is 12.2 Å². The van der Waals surface area contributed by atoms with Gasteiger partial charge in [0, 0.05) is 18.2 Å². The molecule has 0 saturated heterocycles. The Kier molecular flexibility index (Phi) is 4.70. The molecule has 0 atom stereocenters. The summed E-state index contributed by atoms with van der Waals surface area (Å²) in [4.78, 5) is 12.9. The van der Waals surface area contributed by atoms with Crippen LogP contribution in [0.3, 0.4) is 0 Å². The maximum Gasteiger partial charge on any atom is 0.330 e. The van der Waals surface area contributed by atoms with E-state index in [0.29, 0.717) is 0 Å². The molecule has 0 rings (SSSR count). The van der Waals surface area contributed by atoms with E-state index in [1.165, 1.54) is 13.2 Å². The Morgan fingerprint density at radius 2 is 2.00 bits per heavy atom. The van der Waals surface area contributed by atoms with E-state index >= 15 is 0 Å². The van der Waals surface area contributed by atoms with Gasteiger partial charge in [0.15, 0.2) is 0 Å². The van der Waals surface area contributed by atoms with E-state index < -0.39 is 0 Å². The van der Waals surface area contributed by atoms with Crippen LogP contribution in [0.5, 0.6) is 0 Å². The molecule has 0 aromatic heterocycles. The minimum absolute atomic E-state index is 0.125. The molecule has 0 fully saturated rings. The smallest absolute Gasteiger partial charge is 0.330 e. The molecule has 0 heterocycles. The van der Waals surface area contributed by atoms with Crippen molar-refractivity contribution in [1.29, 1.82) is 0 Å². The van der Waals surface area contributed by atoms with Crippen LogP contribution in [0.4, 0.5) is 0 Å². The van der Waals surface area contributed by atoms with E-state index in [1.807, 2.05) is 7.05 Å². The Labute approximate surface area is 80.4 Å². The third-order valence-electron chi connectivity index (χ3n) is 1.98. The van der Waals surface area contributed by atoms with E-state index in [2.05, 4.69) is 30.4 Å². The number of hydrogen-bond acceptors (Lipinski definition) is 3. The van der Waals surface area contributed by atoms with Gasteiger partial charge in [0.25, 0.3) is 0 Å². The molecule has 0 aromatic rings. The second-order valence-electron chi connectivity index (χ2n) is 3.98. The highest BCUT2D eigenvalue weighted by Gasteiger charge is 2.14. The highest BCUT2D eigenvalue weighted by molar-refractivity contribution is 5.81. The molecule has 0 bridgehead atoms. The average Bonchev–Trinajstić information content (AvgIpc) is 2.02. The standard InChI is InChI=1S/C10H19NO2/c1-10(2,3)11(4)8-6-7-9(12)13-5/h6-7H,8H2,1-5H3/b7-6+. The quantitative estimate of drug-likeness (QED) is 0.492. The van der Waals surface area contributed by atoms with Crippen molar-refractivity contribution in [2.45, 2.75) is 26.3 Å². The van der Waals surface area contributed by atoms with Crippen molar-refractivity contribution in [1.82, 2.24) is 4.90 Å². The molecule has 3 nitrogen and oxygen atoms in total. The zero-order valence-corrected chi connectivity index (χ0v) is 9.13. The first-order chi connectivity index (χ1) is 5.88. The Morgan fingerprint density at radius 1 is 1.46 bits per heavy atom. The van der Waals surface area contributed by atoms with Crippen molar-refractivity contribution in [2.75, 3.05) is 20.7 Å². The molecule has 0 spiro atoms. The van der Waals surface area contributed by atoms with Crippen LogP contribution in [0.15, 0.2) is 12.2 Å². The largest absolute Gasteiger partial charge is 0.466 e. The van der Waals surface area contributed by atoms with E-state index in [0.717, 1.165) is 6.54 Å². The molecule has 0 unspecified atom stereocenters. The fourth-order valence-corrected chi connectivity index (χ4v) is 0.649. The minimum atomic E-state index is -0.303. The third-order valence-corrected chi connectivity index (χ3v) is 1.98. The average molecular weight is 185 g/mol. The molecular weight excluding hydrogens is 166 g/mol. The number of nitrogens with zero attached hydrogens (tertiary/aromatic N) is 1. The van der Waals surface area contributed by atoms with Gasteiger partial charge in [-0.3, -0.25) is 4.90 Å². The van der Waals surface area contributed by atoms with Crippen molar-refractivity contribution in [2.24, 2.45) is 0 Å². The molecule has 13 heavy (non-hydrogen) atoms. The summed E-state index contributed by atoms with van der Waals surface area (Å²) in [5.41, 5.74) is 0.125. The normalized spacial score (nSPS) is 12.5. The van der Waals surface area contributed by atoms with Crippen LogP contribution in [-0.2, 0) is 9.53 Å². The number of esters is 1. The first-order valence-electron chi connectivity index (χ1n) is 4.33. The van der Waals surface area contributed by atoms with Crippen molar-refractivity contribution >= 4 is 5.97 Å². The van der Waals surface area contributed by atoms with E-state index in [9.17, 15) is 4.79 Å². The van der Waals surface area contributed by atoms with Gasteiger partial charge in [-0.15, -0.1) is 0 Å². The van der Waals surface area contributed by atoms with Gasteiger partial charge in [-0.1, -0.05) is 6.08 Å². The summed E-state index contributed by atoms with van der Waals surface area (Å²) >= 11 is 0. The molecule has 0 aromatic carbocycles. The molecule has 0 aliphatic rings. The lowest BCUT2D eigenvalue weighted by molar-refractivity contribution is -0.134. The zero-order chi connectivity index (χ0) is 10.5. The van der Waals surface area contributed by atoms with Gasteiger partial charge in [0.1, 0.15) is 0 Å². The maximum atomic E-state index is 10.7. The summed E-state index contributed by atoms with van der Waals surface area (Å²) in [6.07, 6.45) is 3.25. The summed E-state index contributed by atoms with van der Waals surface area (Å²) < 4.78 is 4.47. The molecule has 0 N–H and O–H groups in total.